The first-order valence-corrected chi connectivity index (χ1v) is 6.59. The number of nitrogens with zero attached hydrogens (tertiary/aromatic N) is 3. The fourth-order valence-corrected chi connectivity index (χ4v) is 2.22. The Hall–Kier alpha value is -2.64. The Bertz CT molecular complexity index is 781. The van der Waals surface area contributed by atoms with Crippen LogP contribution in [0.5, 0.6) is 0 Å². The number of H-pyrrole nitrogens is 1. The van der Waals surface area contributed by atoms with E-state index in [4.69, 9.17) is 0 Å². The molecule has 5 nitrogen and oxygen atoms in total. The average molecular weight is 307 g/mol. The molecule has 0 aliphatic carbocycles. The zero-order valence-corrected chi connectivity index (χ0v) is 11.4. The maximum absolute atomic E-state index is 12.9. The Labute approximate surface area is 123 Å². The summed E-state index contributed by atoms with van der Waals surface area (Å²) >= 11 is 0. The normalized spacial score (nSPS) is 11.8. The summed E-state index contributed by atoms with van der Waals surface area (Å²) in [7, 11) is 0. The highest BCUT2D eigenvalue weighted by atomic mass is 19.4. The van der Waals surface area contributed by atoms with Crippen LogP contribution in [0.15, 0.2) is 36.9 Å². The fraction of sp³-hybridized carbons (Fsp3) is 0.214. The number of benzene rings is 1. The molecule has 0 spiro atoms. The maximum Gasteiger partial charge on any atom is 0.416 e. The van der Waals surface area contributed by atoms with Crippen LogP contribution in [0.2, 0.25) is 0 Å². The van der Waals surface area contributed by atoms with Gasteiger partial charge in [0.1, 0.15) is 11.8 Å². The summed E-state index contributed by atoms with van der Waals surface area (Å²) in [5.41, 5.74) is 0.777. The first kappa shape index (κ1) is 14.3. The summed E-state index contributed by atoms with van der Waals surface area (Å²) in [4.78, 5) is 15.0. The first-order valence-electron chi connectivity index (χ1n) is 6.59. The molecule has 0 fully saturated rings. The number of alkyl halides is 3. The lowest BCUT2D eigenvalue weighted by Crippen LogP contribution is -2.13. The quantitative estimate of drug-likeness (QED) is 0.777. The average Bonchev–Trinajstić information content (AvgIpc) is 2.96. The molecule has 2 heterocycles. The van der Waals surface area contributed by atoms with Gasteiger partial charge in [0, 0.05) is 6.54 Å². The van der Waals surface area contributed by atoms with E-state index in [-0.39, 0.29) is 12.0 Å². The van der Waals surface area contributed by atoms with Crippen LogP contribution in [0.1, 0.15) is 11.1 Å². The molecule has 0 aliphatic rings. The molecule has 22 heavy (non-hydrogen) atoms. The molecule has 1 aromatic carbocycles. The summed E-state index contributed by atoms with van der Waals surface area (Å²) < 4.78 is 38.7. The summed E-state index contributed by atoms with van der Waals surface area (Å²) in [6.07, 6.45) is -1.26. The Kier molecular flexibility index (Phi) is 3.66. The number of nitrogens with one attached hydrogen (secondary N) is 2. The third-order valence-electron chi connectivity index (χ3n) is 3.23. The lowest BCUT2D eigenvalue weighted by molar-refractivity contribution is -0.138. The first-order chi connectivity index (χ1) is 10.6. The number of hydrogen-bond donors (Lipinski definition) is 2. The van der Waals surface area contributed by atoms with Crippen molar-refractivity contribution in [2.75, 3.05) is 11.9 Å². The molecule has 0 bridgehead atoms. The number of aromatic nitrogens is 4. The molecular formula is C14H12F3N5. The van der Waals surface area contributed by atoms with E-state index in [9.17, 15) is 13.2 Å². The number of anilines is 1. The number of hydrogen-bond acceptors (Lipinski definition) is 4. The Morgan fingerprint density at radius 1 is 1.09 bits per heavy atom. The van der Waals surface area contributed by atoms with E-state index < -0.39 is 11.7 Å². The minimum Gasteiger partial charge on any atom is -0.368 e. The van der Waals surface area contributed by atoms with Gasteiger partial charge >= 0.3 is 6.18 Å². The van der Waals surface area contributed by atoms with E-state index in [1.165, 1.54) is 24.8 Å². The molecule has 0 amide bonds. The maximum atomic E-state index is 12.9. The van der Waals surface area contributed by atoms with Gasteiger partial charge in [-0.1, -0.05) is 18.2 Å². The SMILES string of the molecule is FC(F)(F)c1ccccc1CCNc1ncnc2[nH]cnc12. The van der Waals surface area contributed by atoms with Crippen LogP contribution >= 0.6 is 0 Å². The van der Waals surface area contributed by atoms with Crippen LogP contribution in [0, 0.1) is 0 Å². The standard InChI is InChI=1S/C14H12F3N5/c15-14(16,17)10-4-2-1-3-9(10)5-6-18-12-11-13(20-7-19-11)22-8-21-12/h1-4,7-8H,5-6H2,(H2,18,19,20,21,22). The summed E-state index contributed by atoms with van der Waals surface area (Å²) in [6.45, 7) is 0.312. The topological polar surface area (TPSA) is 66.5 Å². The predicted octanol–water partition coefficient (Wildman–Crippen LogP) is 3.03. The van der Waals surface area contributed by atoms with Crippen molar-refractivity contribution in [3.05, 3.63) is 48.0 Å². The lowest BCUT2D eigenvalue weighted by Gasteiger charge is -2.13. The minimum atomic E-state index is -4.35. The van der Waals surface area contributed by atoms with E-state index in [1.807, 2.05) is 0 Å². The van der Waals surface area contributed by atoms with Gasteiger partial charge in [-0.15, -0.1) is 0 Å². The fourth-order valence-electron chi connectivity index (χ4n) is 2.22. The van der Waals surface area contributed by atoms with Crippen LogP contribution < -0.4 is 5.32 Å². The van der Waals surface area contributed by atoms with Gasteiger partial charge in [0.2, 0.25) is 0 Å². The summed E-state index contributed by atoms with van der Waals surface area (Å²) in [5, 5.41) is 3.00. The molecule has 0 saturated heterocycles. The van der Waals surface area contributed by atoms with Crippen LogP contribution in [0.3, 0.4) is 0 Å². The molecule has 0 unspecified atom stereocenters. The van der Waals surface area contributed by atoms with Gasteiger partial charge in [-0.25, -0.2) is 15.0 Å². The van der Waals surface area contributed by atoms with E-state index in [0.717, 1.165) is 6.07 Å². The number of aromatic amines is 1. The molecule has 0 saturated carbocycles. The molecule has 8 heteroatoms. The highest BCUT2D eigenvalue weighted by molar-refractivity contribution is 5.81. The van der Waals surface area contributed by atoms with Crippen molar-refractivity contribution in [2.24, 2.45) is 0 Å². The Balaban J connectivity index is 1.73. The molecule has 2 aromatic heterocycles. The molecule has 0 aliphatic heterocycles. The molecule has 3 rings (SSSR count). The molecule has 3 aromatic rings. The lowest BCUT2D eigenvalue weighted by atomic mass is 10.0. The van der Waals surface area contributed by atoms with Gasteiger partial charge in [0.15, 0.2) is 11.5 Å². The van der Waals surface area contributed by atoms with Crippen LogP contribution in [0.25, 0.3) is 11.2 Å². The third-order valence-corrected chi connectivity index (χ3v) is 3.23. The van der Waals surface area contributed by atoms with Gasteiger partial charge in [-0.3, -0.25) is 0 Å². The van der Waals surface area contributed by atoms with Crippen LogP contribution in [-0.2, 0) is 12.6 Å². The molecular weight excluding hydrogens is 295 g/mol. The van der Waals surface area contributed by atoms with Gasteiger partial charge in [0.25, 0.3) is 0 Å². The van der Waals surface area contributed by atoms with Gasteiger partial charge in [0.05, 0.1) is 11.9 Å². The number of fused-ring (bicyclic) bond motifs is 1. The van der Waals surface area contributed by atoms with E-state index in [2.05, 4.69) is 25.3 Å². The highest BCUT2D eigenvalue weighted by Gasteiger charge is 2.32. The largest absolute Gasteiger partial charge is 0.416 e. The molecule has 114 valence electrons. The third kappa shape index (κ3) is 2.85. The van der Waals surface area contributed by atoms with Crippen molar-refractivity contribution in [3.8, 4) is 0 Å². The van der Waals surface area contributed by atoms with Crippen molar-refractivity contribution in [2.45, 2.75) is 12.6 Å². The van der Waals surface area contributed by atoms with E-state index in [0.29, 0.717) is 23.5 Å². The Morgan fingerprint density at radius 3 is 2.73 bits per heavy atom. The second-order valence-corrected chi connectivity index (χ2v) is 4.65. The highest BCUT2D eigenvalue weighted by Crippen LogP contribution is 2.32. The summed E-state index contributed by atoms with van der Waals surface area (Å²) in [5.74, 6) is 0.496. The van der Waals surface area contributed by atoms with Crippen molar-refractivity contribution in [1.29, 1.82) is 0 Å². The van der Waals surface area contributed by atoms with Crippen molar-refractivity contribution < 1.29 is 13.2 Å². The predicted molar refractivity (Wildman–Crippen MR) is 75.3 cm³/mol. The van der Waals surface area contributed by atoms with Gasteiger partial charge < -0.3 is 10.3 Å². The van der Waals surface area contributed by atoms with Crippen molar-refractivity contribution in [3.63, 3.8) is 0 Å². The van der Waals surface area contributed by atoms with Crippen LogP contribution in [-0.4, -0.2) is 26.5 Å². The molecule has 0 atom stereocenters. The van der Waals surface area contributed by atoms with Crippen molar-refractivity contribution >= 4 is 17.0 Å². The smallest absolute Gasteiger partial charge is 0.368 e. The number of rotatable bonds is 4. The van der Waals surface area contributed by atoms with Crippen molar-refractivity contribution in [1.82, 2.24) is 19.9 Å². The monoisotopic (exact) mass is 307 g/mol. The van der Waals surface area contributed by atoms with E-state index >= 15 is 0 Å². The molecule has 0 radical (unpaired) electrons. The second kappa shape index (κ2) is 5.63. The zero-order valence-electron chi connectivity index (χ0n) is 11.4. The number of imidazole rings is 1. The second-order valence-electron chi connectivity index (χ2n) is 4.65. The summed E-state index contributed by atoms with van der Waals surface area (Å²) in [6, 6.07) is 5.55. The Morgan fingerprint density at radius 2 is 1.91 bits per heavy atom. The minimum absolute atomic E-state index is 0.228. The van der Waals surface area contributed by atoms with E-state index in [1.54, 1.807) is 6.07 Å². The van der Waals surface area contributed by atoms with Crippen LogP contribution in [0.4, 0.5) is 19.0 Å². The number of halogens is 3. The zero-order chi connectivity index (χ0) is 15.6. The van der Waals surface area contributed by atoms with Gasteiger partial charge in [-0.05, 0) is 18.1 Å². The molecule has 2 N–H and O–H groups in total. The van der Waals surface area contributed by atoms with Gasteiger partial charge in [-0.2, -0.15) is 13.2 Å².